The Balaban J connectivity index is 2.07. The molecule has 0 fully saturated rings. The number of rotatable bonds is 4. The second kappa shape index (κ2) is 5.75. The minimum absolute atomic E-state index is 0.199. The van der Waals surface area contributed by atoms with Crippen LogP contribution in [0.3, 0.4) is 0 Å². The summed E-state index contributed by atoms with van der Waals surface area (Å²) >= 11 is 1.61. The summed E-state index contributed by atoms with van der Waals surface area (Å²) in [6.07, 6.45) is 0. The molecule has 0 atom stereocenters. The normalized spacial score (nSPS) is 10.3. The summed E-state index contributed by atoms with van der Waals surface area (Å²) in [5.41, 5.74) is 1.21. The first-order valence-electron chi connectivity index (χ1n) is 5.64. The highest BCUT2D eigenvalue weighted by atomic mass is 32.1. The molecule has 0 N–H and O–H groups in total. The predicted octanol–water partition coefficient (Wildman–Crippen LogP) is 1.66. The molecule has 7 heteroatoms. The third kappa shape index (κ3) is 3.25. The molecule has 19 heavy (non-hydrogen) atoms. The van der Waals surface area contributed by atoms with Crippen LogP contribution in [0.25, 0.3) is 0 Å². The fourth-order valence-electron chi connectivity index (χ4n) is 1.50. The van der Waals surface area contributed by atoms with Crippen LogP contribution in [0.4, 0.5) is 5.82 Å². The average molecular weight is 278 g/mol. The van der Waals surface area contributed by atoms with E-state index in [1.165, 1.54) is 7.11 Å². The first-order valence-corrected chi connectivity index (χ1v) is 6.52. The van der Waals surface area contributed by atoms with E-state index in [0.717, 1.165) is 10.7 Å². The van der Waals surface area contributed by atoms with Crippen LogP contribution < -0.4 is 4.90 Å². The summed E-state index contributed by atoms with van der Waals surface area (Å²) in [5.74, 6) is 0.192. The van der Waals surface area contributed by atoms with Crippen LogP contribution in [0.15, 0.2) is 17.5 Å². The molecule has 2 rings (SSSR count). The smallest absolute Gasteiger partial charge is 0.358 e. The molecule has 0 amide bonds. The molecule has 100 valence electrons. The second-order valence-corrected chi connectivity index (χ2v) is 4.95. The minimum Gasteiger partial charge on any atom is -0.464 e. The largest absolute Gasteiger partial charge is 0.464 e. The fraction of sp³-hybridized carbons (Fsp3) is 0.333. The van der Waals surface area contributed by atoms with Gasteiger partial charge in [-0.05, 0) is 19.1 Å². The zero-order chi connectivity index (χ0) is 13.8. The van der Waals surface area contributed by atoms with Crippen LogP contribution in [0.2, 0.25) is 0 Å². The second-order valence-electron chi connectivity index (χ2n) is 4.01. The van der Waals surface area contributed by atoms with E-state index < -0.39 is 5.97 Å². The topological polar surface area (TPSA) is 68.2 Å². The van der Waals surface area contributed by atoms with Crippen LogP contribution in [-0.2, 0) is 11.3 Å². The number of nitrogens with zero attached hydrogens (tertiary/aromatic N) is 4. The number of methoxy groups -OCH3 is 1. The summed E-state index contributed by atoms with van der Waals surface area (Å²) in [6.45, 7) is 2.62. The van der Waals surface area contributed by atoms with E-state index in [-0.39, 0.29) is 5.69 Å². The first kappa shape index (κ1) is 13.4. The van der Waals surface area contributed by atoms with Gasteiger partial charge in [-0.25, -0.2) is 9.78 Å². The zero-order valence-corrected chi connectivity index (χ0v) is 11.8. The lowest BCUT2D eigenvalue weighted by atomic mass is 10.4. The molecule has 0 bridgehead atoms. The number of ether oxygens (including phenoxy) is 1. The van der Waals surface area contributed by atoms with Crippen molar-refractivity contribution in [1.82, 2.24) is 15.2 Å². The average Bonchev–Trinajstić information content (AvgIpc) is 2.83. The highest BCUT2D eigenvalue weighted by Crippen LogP contribution is 2.15. The number of aromatic nitrogens is 3. The van der Waals surface area contributed by atoms with Crippen molar-refractivity contribution in [2.75, 3.05) is 19.1 Å². The number of anilines is 1. The summed E-state index contributed by atoms with van der Waals surface area (Å²) < 4.78 is 4.57. The third-order valence-corrected chi connectivity index (χ3v) is 3.43. The molecule has 6 nitrogen and oxygen atoms in total. The van der Waals surface area contributed by atoms with Gasteiger partial charge in [0.2, 0.25) is 0 Å². The van der Waals surface area contributed by atoms with Crippen molar-refractivity contribution in [2.45, 2.75) is 13.5 Å². The number of hydrogen-bond donors (Lipinski definition) is 0. The van der Waals surface area contributed by atoms with Crippen molar-refractivity contribution < 1.29 is 9.53 Å². The lowest BCUT2D eigenvalue weighted by Gasteiger charge is -2.15. The Hall–Kier alpha value is -2.02. The van der Waals surface area contributed by atoms with Gasteiger partial charge in [0, 0.05) is 18.1 Å². The molecular weight excluding hydrogens is 264 g/mol. The first-order chi connectivity index (χ1) is 9.10. The highest BCUT2D eigenvalue weighted by Gasteiger charge is 2.10. The van der Waals surface area contributed by atoms with Crippen molar-refractivity contribution in [3.05, 3.63) is 33.9 Å². The van der Waals surface area contributed by atoms with Crippen molar-refractivity contribution in [1.29, 1.82) is 0 Å². The van der Waals surface area contributed by atoms with Gasteiger partial charge in [0.1, 0.15) is 5.01 Å². The van der Waals surface area contributed by atoms with Gasteiger partial charge in [-0.2, -0.15) is 0 Å². The van der Waals surface area contributed by atoms with Gasteiger partial charge in [0.15, 0.2) is 11.5 Å². The Morgan fingerprint density at radius 2 is 2.21 bits per heavy atom. The Morgan fingerprint density at radius 3 is 2.74 bits per heavy atom. The molecule has 0 saturated carbocycles. The molecule has 2 aromatic heterocycles. The van der Waals surface area contributed by atoms with E-state index in [0.29, 0.717) is 12.4 Å². The standard InChI is InChI=1S/C12H14N4O2S/c1-8-7-19-11(13-8)6-16(2)10-5-4-9(14-15-10)12(17)18-3/h4-5,7H,6H2,1-3H3. The maximum atomic E-state index is 11.2. The molecule has 2 heterocycles. The summed E-state index contributed by atoms with van der Waals surface area (Å²) in [5, 5.41) is 10.9. The molecule has 0 aliphatic heterocycles. The maximum absolute atomic E-state index is 11.2. The SMILES string of the molecule is COC(=O)c1ccc(N(C)Cc2nc(C)cs2)nn1. The maximum Gasteiger partial charge on any atom is 0.358 e. The minimum atomic E-state index is -0.489. The molecule has 0 unspecified atom stereocenters. The number of esters is 1. The van der Waals surface area contributed by atoms with Crippen LogP contribution in [-0.4, -0.2) is 35.3 Å². The number of carbonyl (C=O) groups excluding carboxylic acids is 1. The number of thiazole rings is 1. The Morgan fingerprint density at radius 1 is 1.42 bits per heavy atom. The molecule has 2 aromatic rings. The van der Waals surface area contributed by atoms with Gasteiger partial charge in [0.05, 0.1) is 13.7 Å². The summed E-state index contributed by atoms with van der Waals surface area (Å²) in [7, 11) is 3.22. The van der Waals surface area contributed by atoms with Crippen molar-refractivity contribution in [2.24, 2.45) is 0 Å². The van der Waals surface area contributed by atoms with E-state index in [1.807, 2.05) is 24.3 Å². The zero-order valence-electron chi connectivity index (χ0n) is 11.0. The Labute approximate surface area is 115 Å². The summed E-state index contributed by atoms with van der Waals surface area (Å²) in [6, 6.07) is 3.33. The Kier molecular flexibility index (Phi) is 4.06. The monoisotopic (exact) mass is 278 g/mol. The number of aryl methyl sites for hydroxylation is 1. The van der Waals surface area contributed by atoms with Crippen molar-refractivity contribution >= 4 is 23.1 Å². The van der Waals surface area contributed by atoms with E-state index in [2.05, 4.69) is 19.9 Å². The van der Waals surface area contributed by atoms with E-state index in [9.17, 15) is 4.79 Å². The van der Waals surface area contributed by atoms with Crippen LogP contribution >= 0.6 is 11.3 Å². The van der Waals surface area contributed by atoms with E-state index in [4.69, 9.17) is 0 Å². The van der Waals surface area contributed by atoms with Crippen molar-refractivity contribution in [3.8, 4) is 0 Å². The molecule has 0 radical (unpaired) electrons. The molecule has 0 aromatic carbocycles. The van der Waals surface area contributed by atoms with Gasteiger partial charge in [-0.1, -0.05) is 0 Å². The van der Waals surface area contributed by atoms with E-state index in [1.54, 1.807) is 23.5 Å². The molecular formula is C12H14N4O2S. The number of carbonyl (C=O) groups is 1. The number of hydrogen-bond acceptors (Lipinski definition) is 7. The van der Waals surface area contributed by atoms with Gasteiger partial charge < -0.3 is 9.64 Å². The quantitative estimate of drug-likeness (QED) is 0.792. The fourth-order valence-corrected chi connectivity index (χ4v) is 2.33. The van der Waals surface area contributed by atoms with Gasteiger partial charge in [-0.15, -0.1) is 21.5 Å². The molecule has 0 spiro atoms. The van der Waals surface area contributed by atoms with Gasteiger partial charge >= 0.3 is 5.97 Å². The molecule has 0 aliphatic rings. The lowest BCUT2D eigenvalue weighted by molar-refractivity contribution is 0.0592. The Bertz CT molecular complexity index is 567. The van der Waals surface area contributed by atoms with Gasteiger partial charge in [-0.3, -0.25) is 0 Å². The molecule has 0 saturated heterocycles. The lowest BCUT2D eigenvalue weighted by Crippen LogP contribution is -2.18. The van der Waals surface area contributed by atoms with E-state index >= 15 is 0 Å². The highest BCUT2D eigenvalue weighted by molar-refractivity contribution is 7.09. The predicted molar refractivity (Wildman–Crippen MR) is 72.3 cm³/mol. The third-order valence-electron chi connectivity index (χ3n) is 2.48. The van der Waals surface area contributed by atoms with Gasteiger partial charge in [0.25, 0.3) is 0 Å². The van der Waals surface area contributed by atoms with Crippen molar-refractivity contribution in [3.63, 3.8) is 0 Å². The van der Waals surface area contributed by atoms with Crippen LogP contribution in [0.5, 0.6) is 0 Å². The summed E-state index contributed by atoms with van der Waals surface area (Å²) in [4.78, 5) is 17.6. The van der Waals surface area contributed by atoms with Crippen LogP contribution in [0, 0.1) is 6.92 Å². The van der Waals surface area contributed by atoms with Crippen LogP contribution in [0.1, 0.15) is 21.2 Å². The molecule has 0 aliphatic carbocycles.